The van der Waals surface area contributed by atoms with Crippen LogP contribution in [0.2, 0.25) is 5.02 Å². The van der Waals surface area contributed by atoms with Crippen molar-refractivity contribution in [1.82, 2.24) is 0 Å². The van der Waals surface area contributed by atoms with Crippen molar-refractivity contribution in [3.05, 3.63) is 62.8 Å². The van der Waals surface area contributed by atoms with Crippen LogP contribution in [0.3, 0.4) is 0 Å². The van der Waals surface area contributed by atoms with Crippen LogP contribution < -0.4 is 5.32 Å². The molecular weight excluding hydrogens is 345 g/mol. The zero-order chi connectivity index (χ0) is 14.7. The molecule has 0 radical (unpaired) electrons. The van der Waals surface area contributed by atoms with Crippen LogP contribution in [-0.4, -0.2) is 5.91 Å². The van der Waals surface area contributed by atoms with E-state index in [1.165, 1.54) is 12.1 Å². The summed E-state index contributed by atoms with van der Waals surface area (Å²) in [5, 5.41) is 2.98. The Morgan fingerprint density at radius 2 is 2.05 bits per heavy atom. The van der Waals surface area contributed by atoms with Crippen molar-refractivity contribution in [1.29, 1.82) is 0 Å². The summed E-state index contributed by atoms with van der Waals surface area (Å²) in [5.74, 6) is -1.12. The molecule has 2 aromatic rings. The highest BCUT2D eigenvalue weighted by Gasteiger charge is 2.13. The largest absolute Gasteiger partial charge is 0.322 e. The Morgan fingerprint density at radius 3 is 2.70 bits per heavy atom. The van der Waals surface area contributed by atoms with Gasteiger partial charge in [0.2, 0.25) is 0 Å². The van der Waals surface area contributed by atoms with E-state index in [2.05, 4.69) is 21.2 Å². The van der Waals surface area contributed by atoms with Crippen molar-refractivity contribution in [3.63, 3.8) is 0 Å². The van der Waals surface area contributed by atoms with Gasteiger partial charge >= 0.3 is 0 Å². The lowest BCUT2D eigenvalue weighted by atomic mass is 10.1. The molecule has 0 aliphatic carbocycles. The van der Waals surface area contributed by atoms with Gasteiger partial charge in [-0.25, -0.2) is 4.39 Å². The first kappa shape index (κ1) is 15.0. The van der Waals surface area contributed by atoms with Crippen LogP contribution >= 0.6 is 27.5 Å². The molecular formula is C15H12BrClFNO. The maximum Gasteiger partial charge on any atom is 0.258 e. The van der Waals surface area contributed by atoms with E-state index in [4.69, 9.17) is 11.6 Å². The standard InChI is InChI=1S/C15H12BrClFNO/c1-2-9-7-10(16)3-6-14(9)19-15(20)12-5-4-11(17)8-13(12)18/h3-8H,2H2,1H3,(H,19,20). The molecule has 104 valence electrons. The lowest BCUT2D eigenvalue weighted by Crippen LogP contribution is -2.14. The fourth-order valence-corrected chi connectivity index (χ4v) is 2.41. The lowest BCUT2D eigenvalue weighted by Gasteiger charge is -2.11. The van der Waals surface area contributed by atoms with E-state index in [-0.39, 0.29) is 10.6 Å². The van der Waals surface area contributed by atoms with Crippen molar-refractivity contribution in [2.75, 3.05) is 5.32 Å². The van der Waals surface area contributed by atoms with Crippen LogP contribution in [-0.2, 0) is 6.42 Å². The van der Waals surface area contributed by atoms with Crippen LogP contribution in [0, 0.1) is 5.82 Å². The molecule has 0 saturated heterocycles. The van der Waals surface area contributed by atoms with Crippen LogP contribution in [0.1, 0.15) is 22.8 Å². The third kappa shape index (κ3) is 3.38. The summed E-state index contributed by atoms with van der Waals surface area (Å²) in [4.78, 5) is 12.1. The molecule has 5 heteroatoms. The van der Waals surface area contributed by atoms with Crippen LogP contribution in [0.4, 0.5) is 10.1 Å². The Kier molecular flexibility index (Phi) is 4.78. The lowest BCUT2D eigenvalue weighted by molar-refractivity contribution is 0.102. The van der Waals surface area contributed by atoms with E-state index in [0.717, 1.165) is 22.5 Å². The van der Waals surface area contributed by atoms with Crippen LogP contribution in [0.25, 0.3) is 0 Å². The Morgan fingerprint density at radius 1 is 1.30 bits per heavy atom. The molecule has 20 heavy (non-hydrogen) atoms. The smallest absolute Gasteiger partial charge is 0.258 e. The molecule has 0 aromatic heterocycles. The molecule has 1 amide bonds. The predicted octanol–water partition coefficient (Wildman–Crippen LogP) is 5.06. The third-order valence-electron chi connectivity index (χ3n) is 2.87. The Bertz CT molecular complexity index is 660. The topological polar surface area (TPSA) is 29.1 Å². The summed E-state index contributed by atoms with van der Waals surface area (Å²) in [6, 6.07) is 9.52. The van der Waals surface area contributed by atoms with Crippen LogP contribution in [0.15, 0.2) is 40.9 Å². The van der Waals surface area contributed by atoms with Crippen molar-refractivity contribution >= 4 is 39.1 Å². The number of hydrogen-bond acceptors (Lipinski definition) is 1. The van der Waals surface area contributed by atoms with Gasteiger partial charge in [0, 0.05) is 15.2 Å². The molecule has 0 bridgehead atoms. The normalized spacial score (nSPS) is 10.4. The maximum absolute atomic E-state index is 13.7. The van der Waals surface area contributed by atoms with Gasteiger partial charge in [-0.2, -0.15) is 0 Å². The van der Waals surface area contributed by atoms with Gasteiger partial charge in [-0.3, -0.25) is 4.79 Å². The quantitative estimate of drug-likeness (QED) is 0.818. The first-order chi connectivity index (χ1) is 9.51. The molecule has 0 aliphatic heterocycles. The zero-order valence-corrected chi connectivity index (χ0v) is 13.1. The average Bonchev–Trinajstić information content (AvgIpc) is 2.40. The molecule has 0 unspecified atom stereocenters. The van der Waals surface area contributed by atoms with Gasteiger partial charge in [0.15, 0.2) is 0 Å². The fourth-order valence-electron chi connectivity index (χ4n) is 1.84. The highest BCUT2D eigenvalue weighted by molar-refractivity contribution is 9.10. The van der Waals surface area contributed by atoms with Gasteiger partial charge in [0.1, 0.15) is 5.82 Å². The molecule has 1 N–H and O–H groups in total. The third-order valence-corrected chi connectivity index (χ3v) is 3.60. The van der Waals surface area contributed by atoms with Crippen molar-refractivity contribution in [3.8, 4) is 0 Å². The second kappa shape index (κ2) is 6.37. The second-order valence-electron chi connectivity index (χ2n) is 4.23. The average molecular weight is 357 g/mol. The zero-order valence-electron chi connectivity index (χ0n) is 10.7. The SMILES string of the molecule is CCc1cc(Br)ccc1NC(=O)c1ccc(Cl)cc1F. The number of aryl methyl sites for hydroxylation is 1. The fraction of sp³-hybridized carbons (Fsp3) is 0.133. The number of amides is 1. The minimum absolute atomic E-state index is 0.0284. The van der Waals surface area contributed by atoms with E-state index in [1.807, 2.05) is 19.1 Å². The number of benzene rings is 2. The summed E-state index contributed by atoms with van der Waals surface area (Å²) < 4.78 is 14.6. The monoisotopic (exact) mass is 355 g/mol. The van der Waals surface area contributed by atoms with Crippen molar-refractivity contribution < 1.29 is 9.18 Å². The highest BCUT2D eigenvalue weighted by Crippen LogP contribution is 2.23. The molecule has 0 atom stereocenters. The Balaban J connectivity index is 2.28. The Labute approximate surface area is 130 Å². The van der Waals surface area contributed by atoms with E-state index >= 15 is 0 Å². The molecule has 0 fully saturated rings. The number of nitrogens with one attached hydrogen (secondary N) is 1. The predicted molar refractivity (Wildman–Crippen MR) is 82.9 cm³/mol. The molecule has 0 aliphatic rings. The number of rotatable bonds is 3. The minimum Gasteiger partial charge on any atom is -0.322 e. The number of anilines is 1. The van der Waals surface area contributed by atoms with Gasteiger partial charge in [0.25, 0.3) is 5.91 Å². The number of hydrogen-bond donors (Lipinski definition) is 1. The van der Waals surface area contributed by atoms with Gasteiger partial charge in [-0.1, -0.05) is 34.5 Å². The van der Waals surface area contributed by atoms with Crippen molar-refractivity contribution in [2.24, 2.45) is 0 Å². The number of halogens is 3. The molecule has 2 aromatic carbocycles. The second-order valence-corrected chi connectivity index (χ2v) is 5.59. The summed E-state index contributed by atoms with van der Waals surface area (Å²) >= 11 is 9.05. The summed E-state index contributed by atoms with van der Waals surface area (Å²) in [5.41, 5.74) is 1.62. The summed E-state index contributed by atoms with van der Waals surface area (Å²) in [6.07, 6.45) is 0.762. The summed E-state index contributed by atoms with van der Waals surface area (Å²) in [7, 11) is 0. The first-order valence-corrected chi connectivity index (χ1v) is 7.23. The van der Waals surface area contributed by atoms with E-state index in [1.54, 1.807) is 6.07 Å². The minimum atomic E-state index is -0.634. The maximum atomic E-state index is 13.7. The molecule has 0 saturated carbocycles. The highest BCUT2D eigenvalue weighted by atomic mass is 79.9. The molecule has 2 nitrogen and oxygen atoms in total. The van der Waals surface area contributed by atoms with Gasteiger partial charge in [0.05, 0.1) is 5.56 Å². The molecule has 0 heterocycles. The summed E-state index contributed by atoms with van der Waals surface area (Å²) in [6.45, 7) is 1.99. The van der Waals surface area contributed by atoms with Crippen LogP contribution in [0.5, 0.6) is 0 Å². The van der Waals surface area contributed by atoms with E-state index < -0.39 is 11.7 Å². The van der Waals surface area contributed by atoms with Gasteiger partial charge in [-0.15, -0.1) is 0 Å². The van der Waals surface area contributed by atoms with Gasteiger partial charge < -0.3 is 5.32 Å². The van der Waals surface area contributed by atoms with E-state index in [0.29, 0.717) is 5.69 Å². The van der Waals surface area contributed by atoms with E-state index in [9.17, 15) is 9.18 Å². The van der Waals surface area contributed by atoms with Gasteiger partial charge in [-0.05, 0) is 48.4 Å². The molecule has 2 rings (SSSR count). The first-order valence-electron chi connectivity index (χ1n) is 6.06. The van der Waals surface area contributed by atoms with Crippen molar-refractivity contribution in [2.45, 2.75) is 13.3 Å². The Hall–Kier alpha value is -1.39. The molecule has 0 spiro atoms. The number of carbonyl (C=O) groups excluding carboxylic acids is 1. The number of carbonyl (C=O) groups is 1.